The monoisotopic (exact) mass is 257 g/mol. The van der Waals surface area contributed by atoms with Gasteiger partial charge in [0.2, 0.25) is 0 Å². The maximum atomic E-state index is 11.8. The molecule has 0 spiro atoms. The van der Waals surface area contributed by atoms with Crippen molar-refractivity contribution in [3.8, 4) is 0 Å². The highest BCUT2D eigenvalue weighted by Gasteiger charge is 2.25. The molecule has 4 nitrogen and oxygen atoms in total. The zero-order valence-corrected chi connectivity index (χ0v) is 12.1. The van der Waals surface area contributed by atoms with Crippen LogP contribution >= 0.6 is 0 Å². The molecule has 1 aliphatic carbocycles. The van der Waals surface area contributed by atoms with Gasteiger partial charge in [0.05, 0.1) is 0 Å². The molecule has 4 heteroatoms. The minimum absolute atomic E-state index is 0.244. The predicted molar refractivity (Wildman–Crippen MR) is 71.4 cm³/mol. The van der Waals surface area contributed by atoms with E-state index < -0.39 is 5.60 Å². The highest BCUT2D eigenvalue weighted by molar-refractivity contribution is 5.67. The van der Waals surface area contributed by atoms with E-state index in [0.717, 1.165) is 32.2 Å². The van der Waals surface area contributed by atoms with Crippen LogP contribution < -0.4 is 0 Å². The van der Waals surface area contributed by atoms with E-state index in [1.165, 1.54) is 0 Å². The average molecular weight is 257 g/mol. The van der Waals surface area contributed by atoms with Gasteiger partial charge in [-0.15, -0.1) is 0 Å². The highest BCUT2D eigenvalue weighted by Crippen LogP contribution is 2.29. The number of hydrogen-bond acceptors (Lipinski definition) is 3. The topological polar surface area (TPSA) is 49.8 Å². The quantitative estimate of drug-likeness (QED) is 0.845. The lowest BCUT2D eigenvalue weighted by molar-refractivity contribution is 0.0252. The fourth-order valence-corrected chi connectivity index (χ4v) is 2.40. The molecule has 106 valence electrons. The summed E-state index contributed by atoms with van der Waals surface area (Å²) in [5.41, 5.74) is -0.431. The van der Waals surface area contributed by atoms with Crippen LogP contribution in [0, 0.1) is 11.8 Å². The Kier molecular flexibility index (Phi) is 5.45. The van der Waals surface area contributed by atoms with E-state index in [2.05, 4.69) is 0 Å². The standard InChI is InChI=1S/C14H27NO3/c1-14(2,3)18-13(17)15(4)9-11-5-7-12(10-16)8-6-11/h11-12,16H,5-10H2,1-4H3. The Morgan fingerprint density at radius 3 is 2.17 bits per heavy atom. The summed E-state index contributed by atoms with van der Waals surface area (Å²) in [7, 11) is 1.80. The zero-order chi connectivity index (χ0) is 13.8. The van der Waals surface area contributed by atoms with Crippen molar-refractivity contribution in [1.29, 1.82) is 0 Å². The zero-order valence-electron chi connectivity index (χ0n) is 12.1. The fraction of sp³-hybridized carbons (Fsp3) is 0.929. The third-order valence-corrected chi connectivity index (χ3v) is 3.46. The summed E-state index contributed by atoms with van der Waals surface area (Å²) < 4.78 is 5.33. The first-order valence-corrected chi connectivity index (χ1v) is 6.87. The molecule has 0 saturated heterocycles. The minimum Gasteiger partial charge on any atom is -0.444 e. The molecule has 0 bridgehead atoms. The van der Waals surface area contributed by atoms with Crippen LogP contribution in [-0.4, -0.2) is 41.9 Å². The minimum atomic E-state index is -0.431. The number of hydrogen-bond donors (Lipinski definition) is 1. The number of aliphatic hydroxyl groups is 1. The fourth-order valence-electron chi connectivity index (χ4n) is 2.40. The van der Waals surface area contributed by atoms with Gasteiger partial charge >= 0.3 is 6.09 Å². The Morgan fingerprint density at radius 1 is 1.22 bits per heavy atom. The maximum Gasteiger partial charge on any atom is 0.410 e. The number of nitrogens with zero attached hydrogens (tertiary/aromatic N) is 1. The maximum absolute atomic E-state index is 11.8. The van der Waals surface area contributed by atoms with E-state index in [4.69, 9.17) is 9.84 Å². The second-order valence-corrected chi connectivity index (χ2v) is 6.43. The molecule has 1 aliphatic rings. The van der Waals surface area contributed by atoms with Crippen molar-refractivity contribution in [2.75, 3.05) is 20.2 Å². The van der Waals surface area contributed by atoms with E-state index in [-0.39, 0.29) is 6.09 Å². The molecular formula is C14H27NO3. The molecule has 0 heterocycles. The van der Waals surface area contributed by atoms with E-state index >= 15 is 0 Å². The molecule has 1 rings (SSSR count). The van der Waals surface area contributed by atoms with E-state index in [0.29, 0.717) is 18.4 Å². The molecule has 0 unspecified atom stereocenters. The van der Waals surface area contributed by atoms with E-state index in [9.17, 15) is 4.79 Å². The summed E-state index contributed by atoms with van der Waals surface area (Å²) in [6.07, 6.45) is 4.09. The van der Waals surface area contributed by atoms with Crippen molar-refractivity contribution >= 4 is 6.09 Å². The van der Waals surface area contributed by atoms with Gasteiger partial charge in [-0.2, -0.15) is 0 Å². The Morgan fingerprint density at radius 2 is 1.72 bits per heavy atom. The van der Waals surface area contributed by atoms with Crippen molar-refractivity contribution in [3.05, 3.63) is 0 Å². The number of amides is 1. The molecule has 0 aromatic rings. The first-order chi connectivity index (χ1) is 8.31. The van der Waals surface area contributed by atoms with Crippen LogP contribution in [0.4, 0.5) is 4.79 Å². The molecule has 0 aliphatic heterocycles. The third kappa shape index (κ3) is 5.25. The molecule has 1 fully saturated rings. The van der Waals surface area contributed by atoms with Crippen molar-refractivity contribution in [1.82, 2.24) is 4.90 Å². The number of ether oxygens (including phenoxy) is 1. The van der Waals surface area contributed by atoms with Crippen LogP contribution in [0.2, 0.25) is 0 Å². The smallest absolute Gasteiger partial charge is 0.410 e. The molecule has 0 aromatic carbocycles. The highest BCUT2D eigenvalue weighted by atomic mass is 16.6. The van der Waals surface area contributed by atoms with Crippen LogP contribution in [0.1, 0.15) is 46.5 Å². The summed E-state index contributed by atoms with van der Waals surface area (Å²) >= 11 is 0. The summed E-state index contributed by atoms with van der Waals surface area (Å²) in [6, 6.07) is 0. The van der Waals surface area contributed by atoms with Gasteiger partial charge in [0.15, 0.2) is 0 Å². The predicted octanol–water partition coefficient (Wildman–Crippen LogP) is 2.65. The Bertz CT molecular complexity index is 265. The van der Waals surface area contributed by atoms with Crippen LogP contribution in [0.25, 0.3) is 0 Å². The van der Waals surface area contributed by atoms with Crippen molar-refractivity contribution in [2.45, 2.75) is 52.1 Å². The first-order valence-electron chi connectivity index (χ1n) is 6.87. The second-order valence-electron chi connectivity index (χ2n) is 6.43. The van der Waals surface area contributed by atoms with Crippen LogP contribution in [0.15, 0.2) is 0 Å². The van der Waals surface area contributed by atoms with Gasteiger partial charge in [-0.1, -0.05) is 0 Å². The lowest BCUT2D eigenvalue weighted by Gasteiger charge is -2.31. The lowest BCUT2D eigenvalue weighted by Crippen LogP contribution is -2.37. The van der Waals surface area contributed by atoms with Crippen molar-refractivity contribution < 1.29 is 14.6 Å². The molecule has 18 heavy (non-hydrogen) atoms. The molecule has 0 aromatic heterocycles. The Labute approximate surface area is 110 Å². The largest absolute Gasteiger partial charge is 0.444 e. The first kappa shape index (κ1) is 15.3. The average Bonchev–Trinajstić information content (AvgIpc) is 2.27. The molecular weight excluding hydrogens is 230 g/mol. The van der Waals surface area contributed by atoms with E-state index in [1.807, 2.05) is 20.8 Å². The normalized spacial score (nSPS) is 24.7. The summed E-state index contributed by atoms with van der Waals surface area (Å²) in [6.45, 7) is 6.70. The van der Waals surface area contributed by atoms with Crippen LogP contribution in [0.3, 0.4) is 0 Å². The molecule has 1 N–H and O–H groups in total. The lowest BCUT2D eigenvalue weighted by atomic mass is 9.82. The van der Waals surface area contributed by atoms with Gasteiger partial charge in [0.25, 0.3) is 0 Å². The third-order valence-electron chi connectivity index (χ3n) is 3.46. The van der Waals surface area contributed by atoms with Crippen LogP contribution in [0.5, 0.6) is 0 Å². The molecule has 1 saturated carbocycles. The molecule has 0 atom stereocenters. The molecule has 1 amide bonds. The van der Waals surface area contributed by atoms with Crippen molar-refractivity contribution in [2.24, 2.45) is 11.8 Å². The number of aliphatic hydroxyl groups excluding tert-OH is 1. The summed E-state index contributed by atoms with van der Waals surface area (Å²) in [5.74, 6) is 1.01. The van der Waals surface area contributed by atoms with Gasteiger partial charge in [0, 0.05) is 20.2 Å². The van der Waals surface area contributed by atoms with Crippen LogP contribution in [-0.2, 0) is 4.74 Å². The Hall–Kier alpha value is -0.770. The number of rotatable bonds is 3. The van der Waals surface area contributed by atoms with Gasteiger partial charge in [-0.25, -0.2) is 4.79 Å². The van der Waals surface area contributed by atoms with Gasteiger partial charge < -0.3 is 14.7 Å². The summed E-state index contributed by atoms with van der Waals surface area (Å²) in [4.78, 5) is 13.5. The SMILES string of the molecule is CN(CC1CCC(CO)CC1)C(=O)OC(C)(C)C. The van der Waals surface area contributed by atoms with Gasteiger partial charge in [0.1, 0.15) is 5.60 Å². The van der Waals surface area contributed by atoms with Gasteiger partial charge in [-0.05, 0) is 58.3 Å². The van der Waals surface area contributed by atoms with Gasteiger partial charge in [-0.3, -0.25) is 0 Å². The Balaban J connectivity index is 2.32. The number of carbonyl (C=O) groups excluding carboxylic acids is 1. The molecule has 0 radical (unpaired) electrons. The second kappa shape index (κ2) is 6.41. The van der Waals surface area contributed by atoms with Crippen molar-refractivity contribution in [3.63, 3.8) is 0 Å². The summed E-state index contributed by atoms with van der Waals surface area (Å²) in [5, 5.41) is 9.09. The van der Waals surface area contributed by atoms with E-state index in [1.54, 1.807) is 11.9 Å². The number of carbonyl (C=O) groups is 1.